The van der Waals surface area contributed by atoms with Crippen molar-refractivity contribution in [1.29, 1.82) is 0 Å². The van der Waals surface area contributed by atoms with Gasteiger partial charge in [0.1, 0.15) is 11.4 Å². The summed E-state index contributed by atoms with van der Waals surface area (Å²) in [5.74, 6) is -0.454. The normalized spacial score (nSPS) is 13.4. The molecular weight excluding hydrogens is 436 g/mol. The lowest BCUT2D eigenvalue weighted by atomic mass is 10.2. The molecule has 1 saturated heterocycles. The van der Waals surface area contributed by atoms with E-state index in [0.717, 1.165) is 30.5 Å². The van der Waals surface area contributed by atoms with E-state index in [-0.39, 0.29) is 30.2 Å². The Morgan fingerprint density at radius 3 is 2.47 bits per heavy atom. The summed E-state index contributed by atoms with van der Waals surface area (Å²) >= 11 is 5.29. The highest BCUT2D eigenvalue weighted by atomic mass is 32.1. The van der Waals surface area contributed by atoms with Gasteiger partial charge in [0.25, 0.3) is 0 Å². The molecule has 1 fully saturated rings. The second-order valence-corrected chi connectivity index (χ2v) is 7.90. The summed E-state index contributed by atoms with van der Waals surface area (Å²) in [5, 5.41) is 9.54. The van der Waals surface area contributed by atoms with Crippen LogP contribution in [0.4, 0.5) is 20.2 Å². The van der Waals surface area contributed by atoms with Crippen molar-refractivity contribution in [3.8, 4) is 17.1 Å². The van der Waals surface area contributed by atoms with Crippen molar-refractivity contribution in [3.05, 3.63) is 52.8 Å². The average Bonchev–Trinajstić information content (AvgIpc) is 3.42. The zero-order chi connectivity index (χ0) is 22.7. The van der Waals surface area contributed by atoms with Gasteiger partial charge in [0, 0.05) is 37.3 Å². The number of amides is 1. The molecule has 4 rings (SSSR count). The van der Waals surface area contributed by atoms with Crippen molar-refractivity contribution >= 4 is 29.5 Å². The number of nitrogens with zero attached hydrogens (tertiary/aromatic N) is 3. The third-order valence-corrected chi connectivity index (χ3v) is 5.70. The number of methoxy groups -OCH3 is 1. The fraction of sp³-hybridized carbons (Fsp3) is 0.318. The highest BCUT2D eigenvalue weighted by molar-refractivity contribution is 7.71. The van der Waals surface area contributed by atoms with E-state index in [1.54, 1.807) is 28.7 Å². The topological polar surface area (TPSA) is 75.2 Å². The summed E-state index contributed by atoms with van der Waals surface area (Å²) in [6.45, 7) is 1.50. The number of aromatic nitrogens is 3. The number of rotatable bonds is 7. The van der Waals surface area contributed by atoms with Crippen LogP contribution in [0.15, 0.2) is 36.4 Å². The van der Waals surface area contributed by atoms with Crippen LogP contribution in [-0.2, 0) is 11.3 Å². The molecule has 2 aromatic carbocycles. The van der Waals surface area contributed by atoms with Gasteiger partial charge < -0.3 is 15.0 Å². The monoisotopic (exact) mass is 459 g/mol. The van der Waals surface area contributed by atoms with Gasteiger partial charge in [0.05, 0.1) is 7.11 Å². The zero-order valence-electron chi connectivity index (χ0n) is 17.5. The Labute approximate surface area is 189 Å². The van der Waals surface area contributed by atoms with Crippen LogP contribution < -0.4 is 15.0 Å². The quantitative estimate of drug-likeness (QED) is 0.508. The smallest absolute Gasteiger partial charge is 0.226 e. The molecule has 10 heteroatoms. The number of hydrogen-bond acceptors (Lipinski definition) is 5. The van der Waals surface area contributed by atoms with Gasteiger partial charge in [-0.05, 0) is 61.5 Å². The zero-order valence-corrected chi connectivity index (χ0v) is 18.3. The van der Waals surface area contributed by atoms with Gasteiger partial charge in [-0.15, -0.1) is 0 Å². The molecule has 1 aromatic heterocycles. The largest absolute Gasteiger partial charge is 0.497 e. The van der Waals surface area contributed by atoms with E-state index in [1.807, 2.05) is 12.1 Å². The SMILES string of the molecule is COc1ccc(-c2n[nH]c(=S)n2CCC(=O)Nc2cc(F)c(N3CCCC3)c(F)c2)cc1. The second-order valence-electron chi connectivity index (χ2n) is 7.51. The van der Waals surface area contributed by atoms with Crippen molar-refractivity contribution in [2.45, 2.75) is 25.8 Å². The fourth-order valence-corrected chi connectivity index (χ4v) is 4.03. The van der Waals surface area contributed by atoms with Crippen LogP contribution in [0.3, 0.4) is 0 Å². The van der Waals surface area contributed by atoms with Gasteiger partial charge in [-0.2, -0.15) is 5.10 Å². The second kappa shape index (κ2) is 9.47. The molecule has 0 aliphatic carbocycles. The number of H-pyrrole nitrogens is 1. The molecule has 1 aliphatic rings. The van der Waals surface area contributed by atoms with Gasteiger partial charge in [-0.3, -0.25) is 14.5 Å². The van der Waals surface area contributed by atoms with Gasteiger partial charge in [0.15, 0.2) is 22.2 Å². The van der Waals surface area contributed by atoms with E-state index in [0.29, 0.717) is 29.4 Å². The highest BCUT2D eigenvalue weighted by Gasteiger charge is 2.21. The number of hydrogen-bond donors (Lipinski definition) is 2. The standard InChI is InChI=1S/C22H23F2N5O2S/c1-31-16-6-4-14(5-7-16)21-26-27-22(32)29(21)11-8-19(30)25-15-12-17(23)20(18(24)13-15)28-9-2-3-10-28/h4-7,12-13H,2-3,8-11H2,1H3,(H,25,30)(H,27,32). The summed E-state index contributed by atoms with van der Waals surface area (Å²) < 4.78 is 36.2. The number of carbonyl (C=O) groups excluding carboxylic acids is 1. The average molecular weight is 460 g/mol. The summed E-state index contributed by atoms with van der Waals surface area (Å²) in [6, 6.07) is 9.60. The molecule has 1 aliphatic heterocycles. The molecule has 168 valence electrons. The number of carbonyl (C=O) groups is 1. The minimum atomic E-state index is -0.680. The van der Waals surface area contributed by atoms with E-state index in [2.05, 4.69) is 15.5 Å². The van der Waals surface area contributed by atoms with Crippen LogP contribution in [0.2, 0.25) is 0 Å². The molecule has 0 atom stereocenters. The van der Waals surface area contributed by atoms with E-state index in [9.17, 15) is 13.6 Å². The van der Waals surface area contributed by atoms with Gasteiger partial charge in [0.2, 0.25) is 5.91 Å². The molecule has 0 radical (unpaired) electrons. The van der Waals surface area contributed by atoms with Crippen molar-refractivity contribution in [2.24, 2.45) is 0 Å². The van der Waals surface area contributed by atoms with E-state index in [1.165, 1.54) is 0 Å². The molecular formula is C22H23F2N5O2S. The van der Waals surface area contributed by atoms with Gasteiger partial charge in [-0.1, -0.05) is 0 Å². The van der Waals surface area contributed by atoms with Crippen molar-refractivity contribution in [1.82, 2.24) is 14.8 Å². The Bertz CT molecular complexity index is 1150. The van der Waals surface area contributed by atoms with Gasteiger partial charge >= 0.3 is 0 Å². The number of benzene rings is 2. The minimum absolute atomic E-state index is 0.0330. The maximum atomic E-state index is 14.5. The first-order valence-electron chi connectivity index (χ1n) is 10.3. The molecule has 7 nitrogen and oxygen atoms in total. The number of aromatic amines is 1. The Kier molecular flexibility index (Phi) is 6.50. The predicted molar refractivity (Wildman–Crippen MR) is 120 cm³/mol. The molecule has 0 unspecified atom stereocenters. The predicted octanol–water partition coefficient (Wildman–Crippen LogP) is 4.52. The Morgan fingerprint density at radius 1 is 1.19 bits per heavy atom. The molecule has 2 heterocycles. The number of ether oxygens (including phenoxy) is 1. The van der Waals surface area contributed by atoms with E-state index >= 15 is 0 Å². The van der Waals surface area contributed by atoms with Crippen LogP contribution in [-0.4, -0.2) is 40.9 Å². The van der Waals surface area contributed by atoms with Crippen LogP contribution in [0.5, 0.6) is 5.75 Å². The summed E-state index contributed by atoms with van der Waals surface area (Å²) in [6.07, 6.45) is 1.87. The lowest BCUT2D eigenvalue weighted by Crippen LogP contribution is -2.21. The fourth-order valence-electron chi connectivity index (χ4n) is 3.80. The number of anilines is 2. The molecule has 2 N–H and O–H groups in total. The highest BCUT2D eigenvalue weighted by Crippen LogP contribution is 2.30. The molecule has 3 aromatic rings. The first kappa shape index (κ1) is 21.9. The summed E-state index contributed by atoms with van der Waals surface area (Å²) in [4.78, 5) is 14.1. The van der Waals surface area contributed by atoms with Crippen LogP contribution >= 0.6 is 12.2 Å². The summed E-state index contributed by atoms with van der Waals surface area (Å²) in [7, 11) is 1.58. The van der Waals surface area contributed by atoms with Crippen LogP contribution in [0.25, 0.3) is 11.4 Å². The summed E-state index contributed by atoms with van der Waals surface area (Å²) in [5.41, 5.74) is 0.855. The van der Waals surface area contributed by atoms with Gasteiger partial charge in [-0.25, -0.2) is 8.78 Å². The molecule has 0 spiro atoms. The van der Waals surface area contributed by atoms with Crippen molar-refractivity contribution in [3.63, 3.8) is 0 Å². The Morgan fingerprint density at radius 2 is 1.84 bits per heavy atom. The maximum Gasteiger partial charge on any atom is 0.226 e. The first-order chi connectivity index (χ1) is 15.5. The lowest BCUT2D eigenvalue weighted by molar-refractivity contribution is -0.116. The number of halogens is 2. The third kappa shape index (κ3) is 4.64. The molecule has 32 heavy (non-hydrogen) atoms. The lowest BCUT2D eigenvalue weighted by Gasteiger charge is -2.19. The van der Waals surface area contributed by atoms with E-state index < -0.39 is 11.6 Å². The number of nitrogens with one attached hydrogen (secondary N) is 2. The van der Waals surface area contributed by atoms with Crippen molar-refractivity contribution < 1.29 is 18.3 Å². The van der Waals surface area contributed by atoms with Crippen LogP contribution in [0, 0.1) is 16.4 Å². The Balaban J connectivity index is 1.43. The third-order valence-electron chi connectivity index (χ3n) is 5.39. The minimum Gasteiger partial charge on any atom is -0.497 e. The molecule has 0 saturated carbocycles. The Hall–Kier alpha value is -3.27. The molecule has 1 amide bonds. The van der Waals surface area contributed by atoms with Crippen molar-refractivity contribution in [2.75, 3.05) is 30.4 Å². The van der Waals surface area contributed by atoms with Crippen LogP contribution in [0.1, 0.15) is 19.3 Å². The first-order valence-corrected chi connectivity index (χ1v) is 10.7. The maximum absolute atomic E-state index is 14.5. The van der Waals surface area contributed by atoms with E-state index in [4.69, 9.17) is 17.0 Å². The molecule has 0 bridgehead atoms.